The fourth-order valence-electron chi connectivity index (χ4n) is 3.72. The number of hydrogen-bond donors (Lipinski definition) is 0. The third-order valence-electron chi connectivity index (χ3n) is 5.30. The number of benzene rings is 1. The molecule has 0 heterocycles. The van der Waals surface area contributed by atoms with E-state index in [-0.39, 0.29) is 22.6 Å². The summed E-state index contributed by atoms with van der Waals surface area (Å²) in [6.45, 7) is 15.8. The molecule has 6 heteroatoms. The maximum Gasteiger partial charge on any atom is 0.130 e. The van der Waals surface area contributed by atoms with Crippen molar-refractivity contribution < 1.29 is 18.6 Å². The normalized spacial score (nSPS) is 13.2. The van der Waals surface area contributed by atoms with Crippen LogP contribution >= 0.6 is 14.3 Å². The van der Waals surface area contributed by atoms with E-state index in [4.69, 9.17) is 9.47 Å². The molecule has 0 atom stereocenters. The molecular weight excluding hydrogens is 366 g/mol. The Bertz CT molecular complexity index is 635. The SMILES string of the molecule is COc1cc(P(=O)(C(C)C)C(C)C)c(OC)cc1P(=O)(C(C)C)C(C)C. The molecule has 4 nitrogen and oxygen atoms in total. The van der Waals surface area contributed by atoms with Crippen LogP contribution in [-0.2, 0) is 9.13 Å². The summed E-state index contributed by atoms with van der Waals surface area (Å²) >= 11 is 0. The Morgan fingerprint density at radius 3 is 1.00 bits per heavy atom. The summed E-state index contributed by atoms with van der Waals surface area (Å²) in [5.41, 5.74) is -0.0779. The molecule has 1 rings (SSSR count). The van der Waals surface area contributed by atoms with Gasteiger partial charge in [-0.25, -0.2) is 0 Å². The van der Waals surface area contributed by atoms with Gasteiger partial charge in [0.05, 0.1) is 24.8 Å². The zero-order valence-corrected chi connectivity index (χ0v) is 19.8. The number of hydrogen-bond acceptors (Lipinski definition) is 4. The summed E-state index contributed by atoms with van der Waals surface area (Å²) in [6.07, 6.45) is 0. The Hall–Kier alpha value is -0.720. The lowest BCUT2D eigenvalue weighted by Crippen LogP contribution is -2.27. The van der Waals surface area contributed by atoms with Crippen LogP contribution in [0.25, 0.3) is 0 Å². The maximum atomic E-state index is 13.9. The number of rotatable bonds is 8. The minimum absolute atomic E-state index is 0.0195. The molecule has 26 heavy (non-hydrogen) atoms. The highest BCUT2D eigenvalue weighted by atomic mass is 31.2. The fourth-order valence-corrected chi connectivity index (χ4v) is 9.97. The fraction of sp³-hybridized carbons (Fsp3) is 0.700. The molecule has 0 aliphatic heterocycles. The predicted octanol–water partition coefficient (Wildman–Crippen LogP) is 5.31. The first kappa shape index (κ1) is 23.3. The summed E-state index contributed by atoms with van der Waals surface area (Å²) in [7, 11) is -2.29. The monoisotopic (exact) mass is 402 g/mol. The molecule has 0 saturated heterocycles. The van der Waals surface area contributed by atoms with Crippen LogP contribution in [0.4, 0.5) is 0 Å². The van der Waals surface area contributed by atoms with E-state index in [2.05, 4.69) is 0 Å². The molecule has 0 aliphatic rings. The van der Waals surface area contributed by atoms with Gasteiger partial charge in [-0.3, -0.25) is 0 Å². The largest absolute Gasteiger partial charge is 0.496 e. The van der Waals surface area contributed by atoms with E-state index in [1.54, 1.807) is 14.2 Å². The lowest BCUT2D eigenvalue weighted by atomic mass is 10.3. The van der Waals surface area contributed by atoms with Crippen LogP contribution in [0.2, 0.25) is 0 Å². The van der Waals surface area contributed by atoms with Gasteiger partial charge in [0.1, 0.15) is 25.8 Å². The highest BCUT2D eigenvalue weighted by molar-refractivity contribution is 7.74. The third-order valence-corrected chi connectivity index (χ3v) is 13.6. The highest BCUT2D eigenvalue weighted by Crippen LogP contribution is 2.59. The summed E-state index contributed by atoms with van der Waals surface area (Å²) in [4.78, 5) is 0. The number of ether oxygens (including phenoxy) is 2. The molecule has 0 spiro atoms. The van der Waals surface area contributed by atoms with Crippen molar-refractivity contribution >= 4 is 24.9 Å². The second-order valence-corrected chi connectivity index (χ2v) is 15.9. The standard InChI is InChI=1S/C20H36O4P2/c1-13(2)25(21,14(3)4)19-11-18(24-10)20(12-17(19)23-9)26(22,15(5)6)16(7)8/h11-16H,1-10H3. The summed E-state index contributed by atoms with van der Waals surface area (Å²) in [5.74, 6) is 1.10. The van der Waals surface area contributed by atoms with E-state index in [0.29, 0.717) is 22.1 Å². The Balaban J connectivity index is 3.90. The Labute approximate surface area is 159 Å². The lowest BCUT2D eigenvalue weighted by Gasteiger charge is -2.32. The average molecular weight is 402 g/mol. The molecule has 0 radical (unpaired) electrons. The minimum atomic E-state index is -2.72. The topological polar surface area (TPSA) is 52.6 Å². The van der Waals surface area contributed by atoms with E-state index in [0.717, 1.165) is 0 Å². The van der Waals surface area contributed by atoms with Gasteiger partial charge in [-0.2, -0.15) is 0 Å². The summed E-state index contributed by atoms with van der Waals surface area (Å²) < 4.78 is 39.0. The molecule has 0 amide bonds. The molecule has 0 aromatic heterocycles. The molecule has 0 unspecified atom stereocenters. The van der Waals surface area contributed by atoms with Crippen LogP contribution in [0.5, 0.6) is 11.5 Å². The molecule has 0 fully saturated rings. The lowest BCUT2D eigenvalue weighted by molar-refractivity contribution is 0.407. The second-order valence-electron chi connectivity index (χ2n) is 7.99. The first-order valence-corrected chi connectivity index (χ1v) is 13.0. The smallest absolute Gasteiger partial charge is 0.130 e. The molecule has 1 aromatic carbocycles. The van der Waals surface area contributed by atoms with Crippen molar-refractivity contribution in [2.45, 2.75) is 78.0 Å². The molecule has 0 N–H and O–H groups in total. The van der Waals surface area contributed by atoms with Crippen LogP contribution < -0.4 is 20.1 Å². The van der Waals surface area contributed by atoms with Crippen LogP contribution in [-0.4, -0.2) is 36.9 Å². The Morgan fingerprint density at radius 2 is 0.846 bits per heavy atom. The number of methoxy groups -OCH3 is 2. The molecule has 150 valence electrons. The Kier molecular flexibility index (Phi) is 7.65. The maximum absolute atomic E-state index is 13.9. The van der Waals surface area contributed by atoms with E-state index in [9.17, 15) is 9.13 Å². The van der Waals surface area contributed by atoms with E-state index < -0.39 is 14.3 Å². The highest BCUT2D eigenvalue weighted by Gasteiger charge is 2.40. The third kappa shape index (κ3) is 3.78. The second kappa shape index (κ2) is 8.53. The van der Waals surface area contributed by atoms with Crippen molar-refractivity contribution in [2.24, 2.45) is 0 Å². The van der Waals surface area contributed by atoms with Crippen molar-refractivity contribution in [1.82, 2.24) is 0 Å². The van der Waals surface area contributed by atoms with Gasteiger partial charge >= 0.3 is 0 Å². The average Bonchev–Trinajstić information content (AvgIpc) is 2.57. The first-order valence-electron chi connectivity index (χ1n) is 9.34. The summed E-state index contributed by atoms with van der Waals surface area (Å²) in [6, 6.07) is 3.62. The van der Waals surface area contributed by atoms with Crippen molar-refractivity contribution in [3.63, 3.8) is 0 Å². The van der Waals surface area contributed by atoms with Crippen LogP contribution in [0.1, 0.15) is 55.4 Å². The molecule has 0 bridgehead atoms. The van der Waals surface area contributed by atoms with Crippen molar-refractivity contribution in [3.05, 3.63) is 12.1 Å². The first-order chi connectivity index (χ1) is 11.9. The van der Waals surface area contributed by atoms with Crippen LogP contribution in [0.15, 0.2) is 12.1 Å². The van der Waals surface area contributed by atoms with Crippen LogP contribution in [0.3, 0.4) is 0 Å². The Morgan fingerprint density at radius 1 is 0.615 bits per heavy atom. The van der Waals surface area contributed by atoms with Gasteiger partial charge < -0.3 is 18.6 Å². The van der Waals surface area contributed by atoms with E-state index >= 15 is 0 Å². The quantitative estimate of drug-likeness (QED) is 0.553. The van der Waals surface area contributed by atoms with Gasteiger partial charge in [-0.05, 0) is 12.1 Å². The zero-order valence-electron chi connectivity index (χ0n) is 18.0. The molecular formula is C20H36O4P2. The van der Waals surface area contributed by atoms with Gasteiger partial charge in [0, 0.05) is 22.6 Å². The van der Waals surface area contributed by atoms with Crippen molar-refractivity contribution in [2.75, 3.05) is 14.2 Å². The van der Waals surface area contributed by atoms with Crippen molar-refractivity contribution in [1.29, 1.82) is 0 Å². The van der Waals surface area contributed by atoms with Gasteiger partial charge in [0.25, 0.3) is 0 Å². The van der Waals surface area contributed by atoms with E-state index in [1.807, 2.05) is 67.5 Å². The van der Waals surface area contributed by atoms with Gasteiger partial charge in [0.15, 0.2) is 0 Å². The van der Waals surface area contributed by atoms with Gasteiger partial charge in [-0.15, -0.1) is 0 Å². The van der Waals surface area contributed by atoms with Crippen LogP contribution in [0, 0.1) is 0 Å². The van der Waals surface area contributed by atoms with E-state index in [1.165, 1.54) is 0 Å². The van der Waals surface area contributed by atoms with Crippen molar-refractivity contribution in [3.8, 4) is 11.5 Å². The zero-order chi connectivity index (χ0) is 20.4. The molecule has 1 aromatic rings. The van der Waals surface area contributed by atoms with Gasteiger partial charge in [0.2, 0.25) is 0 Å². The predicted molar refractivity (Wildman–Crippen MR) is 115 cm³/mol. The molecule has 0 saturated carbocycles. The summed E-state index contributed by atoms with van der Waals surface area (Å²) in [5, 5.41) is 1.37. The van der Waals surface area contributed by atoms with Gasteiger partial charge in [-0.1, -0.05) is 55.4 Å². The minimum Gasteiger partial charge on any atom is -0.496 e. The molecule has 0 aliphatic carbocycles.